The second-order valence-corrected chi connectivity index (χ2v) is 7.16. The zero-order valence-electron chi connectivity index (χ0n) is 18.3. The van der Waals surface area contributed by atoms with Crippen molar-refractivity contribution in [1.82, 2.24) is 4.98 Å². The van der Waals surface area contributed by atoms with Crippen LogP contribution in [0.15, 0.2) is 83.4 Å². The summed E-state index contributed by atoms with van der Waals surface area (Å²) in [7, 11) is 0. The van der Waals surface area contributed by atoms with Crippen molar-refractivity contribution in [2.75, 3.05) is 18.5 Å². The molecule has 0 spiro atoms. The molecule has 0 radical (unpaired) electrons. The first kappa shape index (κ1) is 22.7. The zero-order chi connectivity index (χ0) is 23.9. The maximum absolute atomic E-state index is 13.2. The number of nitrogens with one attached hydrogen (secondary N) is 1. The lowest BCUT2D eigenvalue weighted by Crippen LogP contribution is -2.15. The summed E-state index contributed by atoms with van der Waals surface area (Å²) in [6.45, 7) is 1.76. The molecule has 1 amide bonds. The minimum absolute atomic E-state index is 0.228. The number of carbonyl (C=O) groups is 2. The molecule has 0 aliphatic heterocycles. The van der Waals surface area contributed by atoms with E-state index in [1.165, 1.54) is 18.3 Å². The first-order valence-electron chi connectivity index (χ1n) is 10.5. The number of benzene rings is 3. The zero-order valence-corrected chi connectivity index (χ0v) is 18.3. The van der Waals surface area contributed by atoms with Crippen LogP contribution in [-0.2, 0) is 9.53 Å². The van der Waals surface area contributed by atoms with Crippen LogP contribution < -0.4 is 10.1 Å². The Morgan fingerprint density at radius 1 is 1.03 bits per heavy atom. The van der Waals surface area contributed by atoms with Gasteiger partial charge in [0.2, 0.25) is 5.89 Å². The van der Waals surface area contributed by atoms with Crippen LogP contribution in [0.4, 0.5) is 10.1 Å². The number of ether oxygens (including phenoxy) is 2. The van der Waals surface area contributed by atoms with E-state index >= 15 is 0 Å². The van der Waals surface area contributed by atoms with Gasteiger partial charge in [-0.2, -0.15) is 0 Å². The minimum Gasteiger partial charge on any atom is -0.482 e. The largest absolute Gasteiger partial charge is 0.482 e. The number of halogens is 1. The predicted octanol–water partition coefficient (Wildman–Crippen LogP) is 5.34. The molecule has 7 nitrogen and oxygen atoms in total. The van der Waals surface area contributed by atoms with Gasteiger partial charge in [-0.3, -0.25) is 4.79 Å². The molecule has 172 valence electrons. The lowest BCUT2D eigenvalue weighted by Gasteiger charge is -2.10. The van der Waals surface area contributed by atoms with Gasteiger partial charge in [0.15, 0.2) is 12.4 Å². The Bertz CT molecular complexity index is 1300. The molecule has 1 aromatic heterocycles. The fraction of sp³-hybridized carbons (Fsp3) is 0.115. The van der Waals surface area contributed by atoms with E-state index in [-0.39, 0.29) is 30.8 Å². The van der Waals surface area contributed by atoms with Gasteiger partial charge in [0.05, 0.1) is 18.4 Å². The van der Waals surface area contributed by atoms with E-state index in [0.29, 0.717) is 33.9 Å². The smallest absolute Gasteiger partial charge is 0.344 e. The van der Waals surface area contributed by atoms with Gasteiger partial charge in [0, 0.05) is 22.9 Å². The lowest BCUT2D eigenvalue weighted by atomic mass is 10.1. The van der Waals surface area contributed by atoms with E-state index in [0.717, 1.165) is 0 Å². The Hall–Kier alpha value is -4.46. The van der Waals surface area contributed by atoms with Crippen molar-refractivity contribution in [3.8, 4) is 28.5 Å². The Labute approximate surface area is 195 Å². The van der Waals surface area contributed by atoms with Gasteiger partial charge in [-0.1, -0.05) is 18.2 Å². The molecule has 0 bridgehead atoms. The van der Waals surface area contributed by atoms with Crippen molar-refractivity contribution in [3.05, 3.63) is 90.4 Å². The molecule has 0 atom stereocenters. The molecule has 1 N–H and O–H groups in total. The highest BCUT2D eigenvalue weighted by Crippen LogP contribution is 2.29. The summed E-state index contributed by atoms with van der Waals surface area (Å²) in [4.78, 5) is 28.8. The Balaban J connectivity index is 1.51. The topological polar surface area (TPSA) is 90.7 Å². The maximum Gasteiger partial charge on any atom is 0.344 e. The molecule has 0 saturated carbocycles. The summed E-state index contributed by atoms with van der Waals surface area (Å²) in [5.74, 6) is -0.0682. The molecule has 3 aromatic carbocycles. The molecule has 34 heavy (non-hydrogen) atoms. The number of amides is 1. The standard InChI is InChI=1S/C26H21FN2O5/c1-2-32-24(30)16-33-20-7-5-6-19(14-20)29-25(31)21-8-3-4-9-22(21)26-28-15-23(34-26)17-10-12-18(27)13-11-17/h3-15H,2,16H2,1H3,(H,29,31). The summed E-state index contributed by atoms with van der Waals surface area (Å²) < 4.78 is 29.3. The van der Waals surface area contributed by atoms with Crippen molar-refractivity contribution < 1.29 is 27.9 Å². The van der Waals surface area contributed by atoms with E-state index in [1.807, 2.05) is 0 Å². The van der Waals surface area contributed by atoms with Gasteiger partial charge in [0.25, 0.3) is 5.91 Å². The van der Waals surface area contributed by atoms with Gasteiger partial charge in [-0.25, -0.2) is 14.2 Å². The second kappa shape index (κ2) is 10.4. The summed E-state index contributed by atoms with van der Waals surface area (Å²) in [6.07, 6.45) is 1.53. The van der Waals surface area contributed by atoms with Crippen LogP contribution in [-0.4, -0.2) is 30.1 Å². The van der Waals surface area contributed by atoms with E-state index in [9.17, 15) is 14.0 Å². The average Bonchev–Trinajstić information content (AvgIpc) is 3.34. The highest BCUT2D eigenvalue weighted by Gasteiger charge is 2.17. The first-order valence-corrected chi connectivity index (χ1v) is 10.5. The maximum atomic E-state index is 13.2. The molecule has 0 saturated heterocycles. The highest BCUT2D eigenvalue weighted by molar-refractivity contribution is 6.08. The fourth-order valence-corrected chi connectivity index (χ4v) is 3.22. The molecule has 8 heteroatoms. The van der Waals surface area contributed by atoms with Crippen LogP contribution in [0.1, 0.15) is 17.3 Å². The molecule has 4 aromatic rings. The molecule has 0 fully saturated rings. The Morgan fingerprint density at radius 2 is 1.82 bits per heavy atom. The molecule has 4 rings (SSSR count). The van der Waals surface area contributed by atoms with Crippen LogP contribution in [0.25, 0.3) is 22.8 Å². The third-order valence-corrected chi connectivity index (χ3v) is 4.79. The Morgan fingerprint density at radius 3 is 2.62 bits per heavy atom. The van der Waals surface area contributed by atoms with Crippen LogP contribution in [0.5, 0.6) is 5.75 Å². The van der Waals surface area contributed by atoms with Gasteiger partial charge < -0.3 is 19.2 Å². The summed E-state index contributed by atoms with van der Waals surface area (Å²) in [5.41, 5.74) is 2.01. The third kappa shape index (κ3) is 5.47. The normalized spacial score (nSPS) is 10.5. The minimum atomic E-state index is -0.475. The number of rotatable bonds is 8. The first-order chi connectivity index (χ1) is 16.5. The molecule has 0 unspecified atom stereocenters. The quantitative estimate of drug-likeness (QED) is 0.357. The Kier molecular flexibility index (Phi) is 6.98. The van der Waals surface area contributed by atoms with Crippen molar-refractivity contribution in [3.63, 3.8) is 0 Å². The van der Waals surface area contributed by atoms with E-state index < -0.39 is 5.97 Å². The molecular formula is C26H21FN2O5. The molecule has 0 aliphatic carbocycles. The number of hydrogen-bond acceptors (Lipinski definition) is 6. The molecular weight excluding hydrogens is 439 g/mol. The summed E-state index contributed by atoms with van der Waals surface area (Å²) in [6, 6.07) is 19.4. The van der Waals surface area contributed by atoms with E-state index in [2.05, 4.69) is 10.3 Å². The number of oxazole rings is 1. The highest BCUT2D eigenvalue weighted by atomic mass is 19.1. The van der Waals surface area contributed by atoms with Crippen molar-refractivity contribution >= 4 is 17.6 Å². The van der Waals surface area contributed by atoms with Crippen molar-refractivity contribution in [1.29, 1.82) is 0 Å². The number of hydrogen-bond donors (Lipinski definition) is 1. The van der Waals surface area contributed by atoms with Crippen LogP contribution in [0, 0.1) is 5.82 Å². The molecule has 0 aliphatic rings. The summed E-state index contributed by atoms with van der Waals surface area (Å²) in [5, 5.41) is 2.82. The van der Waals surface area contributed by atoms with E-state index in [4.69, 9.17) is 13.9 Å². The van der Waals surface area contributed by atoms with Gasteiger partial charge in [-0.15, -0.1) is 0 Å². The number of esters is 1. The van der Waals surface area contributed by atoms with E-state index in [1.54, 1.807) is 67.6 Å². The monoisotopic (exact) mass is 460 g/mol. The summed E-state index contributed by atoms with van der Waals surface area (Å²) >= 11 is 0. The predicted molar refractivity (Wildman–Crippen MR) is 124 cm³/mol. The molecule has 1 heterocycles. The lowest BCUT2D eigenvalue weighted by molar-refractivity contribution is -0.145. The van der Waals surface area contributed by atoms with Crippen molar-refractivity contribution in [2.45, 2.75) is 6.92 Å². The van der Waals surface area contributed by atoms with Crippen LogP contribution in [0.2, 0.25) is 0 Å². The third-order valence-electron chi connectivity index (χ3n) is 4.79. The van der Waals surface area contributed by atoms with Gasteiger partial charge in [-0.05, 0) is 55.5 Å². The van der Waals surface area contributed by atoms with Crippen molar-refractivity contribution in [2.24, 2.45) is 0 Å². The fourth-order valence-electron chi connectivity index (χ4n) is 3.22. The SMILES string of the molecule is CCOC(=O)COc1cccc(NC(=O)c2ccccc2-c2ncc(-c3ccc(F)cc3)o2)c1. The average molecular weight is 460 g/mol. The van der Waals surface area contributed by atoms with Gasteiger partial charge >= 0.3 is 5.97 Å². The van der Waals surface area contributed by atoms with Crippen LogP contribution in [0.3, 0.4) is 0 Å². The second-order valence-electron chi connectivity index (χ2n) is 7.16. The van der Waals surface area contributed by atoms with Gasteiger partial charge in [0.1, 0.15) is 11.6 Å². The number of nitrogens with zero attached hydrogens (tertiary/aromatic N) is 1. The number of carbonyl (C=O) groups excluding carboxylic acids is 2. The number of aromatic nitrogens is 1. The van der Waals surface area contributed by atoms with Crippen LogP contribution >= 0.6 is 0 Å². The number of anilines is 1.